The van der Waals surface area contributed by atoms with E-state index in [0.29, 0.717) is 18.8 Å². The van der Waals surface area contributed by atoms with Crippen LogP contribution in [0.1, 0.15) is 10.5 Å². The minimum atomic E-state index is -0.180. The average molecular weight is 219 g/mol. The molecule has 16 heavy (non-hydrogen) atoms. The molecule has 0 radical (unpaired) electrons. The van der Waals surface area contributed by atoms with Gasteiger partial charge < -0.3 is 14.5 Å². The summed E-state index contributed by atoms with van der Waals surface area (Å²) >= 11 is 0. The van der Waals surface area contributed by atoms with E-state index < -0.39 is 0 Å². The maximum absolute atomic E-state index is 11.6. The number of aromatic nitrogens is 2. The maximum Gasteiger partial charge on any atom is 0.271 e. The topological polar surface area (TPSA) is 55.6 Å². The lowest BCUT2D eigenvalue weighted by atomic mass is 10.4. The Kier molecular flexibility index (Phi) is 3.16. The summed E-state index contributed by atoms with van der Waals surface area (Å²) in [7, 11) is 1.59. The second-order valence-corrected chi connectivity index (χ2v) is 3.34. The Morgan fingerprint density at radius 2 is 2.44 bits per heavy atom. The highest BCUT2D eigenvalue weighted by atomic mass is 16.5. The minimum Gasteiger partial charge on any atom is -0.383 e. The number of carbonyl (C=O) groups excluding carboxylic acids is 1. The van der Waals surface area contributed by atoms with Crippen molar-refractivity contribution in [3.8, 4) is 0 Å². The summed E-state index contributed by atoms with van der Waals surface area (Å²) < 4.78 is 6.66. The van der Waals surface area contributed by atoms with Crippen molar-refractivity contribution in [3.63, 3.8) is 0 Å². The minimum absolute atomic E-state index is 0.180. The van der Waals surface area contributed by atoms with Crippen LogP contribution in [-0.4, -0.2) is 35.6 Å². The molecule has 0 spiro atoms. The Morgan fingerprint density at radius 3 is 3.19 bits per heavy atom. The van der Waals surface area contributed by atoms with Crippen molar-refractivity contribution in [1.29, 1.82) is 0 Å². The molecule has 1 amide bonds. The van der Waals surface area contributed by atoms with Gasteiger partial charge in [-0.25, -0.2) is 4.98 Å². The first-order valence-corrected chi connectivity index (χ1v) is 5.02. The van der Waals surface area contributed by atoms with Crippen molar-refractivity contribution in [2.24, 2.45) is 0 Å². The van der Waals surface area contributed by atoms with Gasteiger partial charge >= 0.3 is 0 Å². The molecule has 2 aromatic rings. The zero-order valence-corrected chi connectivity index (χ0v) is 9.01. The Morgan fingerprint density at radius 1 is 1.56 bits per heavy atom. The van der Waals surface area contributed by atoms with E-state index in [1.54, 1.807) is 13.3 Å². The van der Waals surface area contributed by atoms with Crippen LogP contribution in [0.25, 0.3) is 5.65 Å². The predicted octanol–water partition coefficient (Wildman–Crippen LogP) is 0.710. The standard InChI is InChI=1S/C11H13N3O2/c1-16-7-5-12-11(15)9-8-14-6-3-2-4-10(14)13-9/h2-4,6,8H,5,7H2,1H3,(H,12,15). The van der Waals surface area contributed by atoms with Crippen molar-refractivity contribution in [2.45, 2.75) is 0 Å². The van der Waals surface area contributed by atoms with Gasteiger partial charge in [-0.05, 0) is 12.1 Å². The van der Waals surface area contributed by atoms with Crippen LogP contribution in [0, 0.1) is 0 Å². The lowest BCUT2D eigenvalue weighted by molar-refractivity contribution is 0.0932. The van der Waals surface area contributed by atoms with Gasteiger partial charge in [-0.1, -0.05) is 6.07 Å². The second-order valence-electron chi connectivity index (χ2n) is 3.34. The molecule has 0 fully saturated rings. The van der Waals surface area contributed by atoms with Gasteiger partial charge in [0.2, 0.25) is 0 Å². The number of carbonyl (C=O) groups is 1. The van der Waals surface area contributed by atoms with E-state index in [9.17, 15) is 4.79 Å². The molecule has 0 aliphatic carbocycles. The zero-order chi connectivity index (χ0) is 11.4. The van der Waals surface area contributed by atoms with Crippen molar-refractivity contribution in [1.82, 2.24) is 14.7 Å². The number of rotatable bonds is 4. The van der Waals surface area contributed by atoms with Crippen LogP contribution in [-0.2, 0) is 4.74 Å². The summed E-state index contributed by atoms with van der Waals surface area (Å²) in [5.74, 6) is -0.180. The molecule has 84 valence electrons. The highest BCUT2D eigenvalue weighted by molar-refractivity contribution is 5.92. The number of hydrogen-bond acceptors (Lipinski definition) is 3. The van der Waals surface area contributed by atoms with Crippen molar-refractivity contribution in [3.05, 3.63) is 36.3 Å². The SMILES string of the molecule is COCCNC(=O)c1cn2ccccc2n1. The fourth-order valence-corrected chi connectivity index (χ4v) is 1.40. The number of amides is 1. The molecule has 0 atom stereocenters. The molecule has 5 heteroatoms. The van der Waals surface area contributed by atoms with Gasteiger partial charge in [0.05, 0.1) is 6.61 Å². The molecule has 0 aliphatic rings. The molecule has 0 bridgehead atoms. The van der Waals surface area contributed by atoms with Crippen LogP contribution in [0.2, 0.25) is 0 Å². The van der Waals surface area contributed by atoms with Crippen LogP contribution >= 0.6 is 0 Å². The van der Waals surface area contributed by atoms with E-state index in [0.717, 1.165) is 5.65 Å². The third-order valence-electron chi connectivity index (χ3n) is 2.19. The number of hydrogen-bond donors (Lipinski definition) is 1. The molecule has 1 N–H and O–H groups in total. The highest BCUT2D eigenvalue weighted by Gasteiger charge is 2.09. The largest absolute Gasteiger partial charge is 0.383 e. The summed E-state index contributed by atoms with van der Waals surface area (Å²) in [4.78, 5) is 15.8. The lowest BCUT2D eigenvalue weighted by Crippen LogP contribution is -2.27. The predicted molar refractivity (Wildman–Crippen MR) is 59.4 cm³/mol. The first-order valence-electron chi connectivity index (χ1n) is 5.02. The molecule has 0 saturated carbocycles. The van der Waals surface area contributed by atoms with Gasteiger partial charge in [0.1, 0.15) is 11.3 Å². The molecule has 0 aliphatic heterocycles. The number of imidazole rings is 1. The van der Waals surface area contributed by atoms with Crippen LogP contribution in [0.15, 0.2) is 30.6 Å². The number of nitrogens with one attached hydrogen (secondary N) is 1. The lowest BCUT2D eigenvalue weighted by Gasteiger charge is -2.00. The first-order chi connectivity index (χ1) is 7.81. The summed E-state index contributed by atoms with van der Waals surface area (Å²) in [5, 5.41) is 2.72. The zero-order valence-electron chi connectivity index (χ0n) is 9.01. The Hall–Kier alpha value is -1.88. The fourth-order valence-electron chi connectivity index (χ4n) is 1.40. The van der Waals surface area contributed by atoms with Gasteiger partial charge in [-0.15, -0.1) is 0 Å². The number of nitrogens with zero attached hydrogens (tertiary/aromatic N) is 2. The summed E-state index contributed by atoms with van der Waals surface area (Å²) in [5.41, 5.74) is 1.18. The Bertz CT molecular complexity index is 460. The quantitative estimate of drug-likeness (QED) is 0.770. The molecule has 2 aromatic heterocycles. The van der Waals surface area contributed by atoms with E-state index in [1.807, 2.05) is 28.8 Å². The van der Waals surface area contributed by atoms with Gasteiger partial charge in [0.15, 0.2) is 0 Å². The van der Waals surface area contributed by atoms with E-state index in [4.69, 9.17) is 4.74 Å². The van der Waals surface area contributed by atoms with E-state index >= 15 is 0 Å². The van der Waals surface area contributed by atoms with Crippen molar-refractivity contribution < 1.29 is 9.53 Å². The van der Waals surface area contributed by atoms with Crippen LogP contribution in [0.4, 0.5) is 0 Å². The molecule has 2 rings (SSSR count). The molecular weight excluding hydrogens is 206 g/mol. The number of fused-ring (bicyclic) bond motifs is 1. The molecule has 0 unspecified atom stereocenters. The van der Waals surface area contributed by atoms with Crippen LogP contribution in [0.3, 0.4) is 0 Å². The molecule has 0 saturated heterocycles. The van der Waals surface area contributed by atoms with Crippen molar-refractivity contribution in [2.75, 3.05) is 20.3 Å². The molecule has 2 heterocycles. The van der Waals surface area contributed by atoms with Crippen LogP contribution in [0.5, 0.6) is 0 Å². The summed E-state index contributed by atoms with van der Waals surface area (Å²) in [6.07, 6.45) is 3.56. The maximum atomic E-state index is 11.6. The number of pyridine rings is 1. The Labute approximate surface area is 93.1 Å². The molecule has 0 aromatic carbocycles. The molecule has 5 nitrogen and oxygen atoms in total. The summed E-state index contributed by atoms with van der Waals surface area (Å²) in [6.45, 7) is 0.988. The van der Waals surface area contributed by atoms with Gasteiger partial charge in [0.25, 0.3) is 5.91 Å². The third-order valence-corrected chi connectivity index (χ3v) is 2.19. The third kappa shape index (κ3) is 2.20. The average Bonchev–Trinajstić information content (AvgIpc) is 2.73. The monoisotopic (exact) mass is 219 g/mol. The molecular formula is C11H13N3O2. The smallest absolute Gasteiger partial charge is 0.271 e. The van der Waals surface area contributed by atoms with E-state index in [1.165, 1.54) is 0 Å². The van der Waals surface area contributed by atoms with E-state index in [-0.39, 0.29) is 5.91 Å². The highest BCUT2D eigenvalue weighted by Crippen LogP contribution is 2.03. The number of ether oxygens (including phenoxy) is 1. The van der Waals surface area contributed by atoms with Crippen LogP contribution < -0.4 is 5.32 Å². The number of methoxy groups -OCH3 is 1. The van der Waals surface area contributed by atoms with Gasteiger partial charge in [-0.2, -0.15) is 0 Å². The summed E-state index contributed by atoms with van der Waals surface area (Å²) in [6, 6.07) is 5.63. The van der Waals surface area contributed by atoms with E-state index in [2.05, 4.69) is 10.3 Å². The first kappa shape index (κ1) is 10.6. The second kappa shape index (κ2) is 4.76. The fraction of sp³-hybridized carbons (Fsp3) is 0.273. The Balaban J connectivity index is 2.11. The van der Waals surface area contributed by atoms with Gasteiger partial charge in [-0.3, -0.25) is 4.79 Å². The van der Waals surface area contributed by atoms with Gasteiger partial charge in [0, 0.05) is 26.0 Å². The normalized spacial score (nSPS) is 10.6. The van der Waals surface area contributed by atoms with Crippen molar-refractivity contribution >= 4 is 11.6 Å².